The molecule has 0 radical (unpaired) electrons. The fraction of sp³-hybridized carbons (Fsp3) is 0.348. The summed E-state index contributed by atoms with van der Waals surface area (Å²) in [5.74, 6) is -1.14. The molecule has 0 saturated carbocycles. The number of tetrazole rings is 1. The third-order valence-electron chi connectivity index (χ3n) is 5.14. The molecule has 1 unspecified atom stereocenters. The molecule has 3 aromatic rings. The summed E-state index contributed by atoms with van der Waals surface area (Å²) in [6, 6.07) is 15.8. The van der Waals surface area contributed by atoms with Gasteiger partial charge in [0.1, 0.15) is 0 Å². The van der Waals surface area contributed by atoms with Crippen LogP contribution in [-0.2, 0) is 16.1 Å². The van der Waals surface area contributed by atoms with Gasteiger partial charge in [0, 0.05) is 25.1 Å². The number of amides is 1. The first-order valence-corrected chi connectivity index (χ1v) is 10.4. The third kappa shape index (κ3) is 5.75. The fourth-order valence-electron chi connectivity index (χ4n) is 3.39. The highest BCUT2D eigenvalue weighted by atomic mass is 16.4. The van der Waals surface area contributed by atoms with Crippen molar-refractivity contribution in [3.8, 4) is 22.5 Å². The van der Waals surface area contributed by atoms with E-state index >= 15 is 0 Å². The number of hydrogen-bond donors (Lipinski definition) is 2. The number of unbranched alkanes of at least 4 members (excludes halogenated alkanes) is 1. The van der Waals surface area contributed by atoms with E-state index in [2.05, 4.69) is 20.6 Å². The van der Waals surface area contributed by atoms with Gasteiger partial charge in [-0.15, -0.1) is 10.2 Å². The topological polar surface area (TPSA) is 112 Å². The first-order chi connectivity index (χ1) is 15.0. The maximum atomic E-state index is 12.8. The van der Waals surface area contributed by atoms with Crippen LogP contribution in [-0.4, -0.2) is 49.1 Å². The highest BCUT2D eigenvalue weighted by molar-refractivity contribution is 5.81. The van der Waals surface area contributed by atoms with Crippen molar-refractivity contribution >= 4 is 11.9 Å². The molecule has 0 fully saturated rings. The fourth-order valence-corrected chi connectivity index (χ4v) is 3.39. The molecule has 2 N–H and O–H groups in total. The maximum Gasteiger partial charge on any atom is 0.308 e. The van der Waals surface area contributed by atoms with Gasteiger partial charge in [0.2, 0.25) is 11.7 Å². The van der Waals surface area contributed by atoms with Gasteiger partial charge in [0.15, 0.2) is 0 Å². The molecule has 1 atom stereocenters. The highest BCUT2D eigenvalue weighted by Crippen LogP contribution is 2.31. The van der Waals surface area contributed by atoms with Crippen molar-refractivity contribution < 1.29 is 14.7 Å². The summed E-state index contributed by atoms with van der Waals surface area (Å²) in [5.41, 5.74) is 3.64. The number of benzene rings is 2. The zero-order valence-electron chi connectivity index (χ0n) is 17.8. The Morgan fingerprint density at radius 2 is 1.90 bits per heavy atom. The molecular weight excluding hydrogens is 394 g/mol. The van der Waals surface area contributed by atoms with Crippen molar-refractivity contribution in [2.75, 3.05) is 6.54 Å². The van der Waals surface area contributed by atoms with Crippen molar-refractivity contribution in [3.05, 3.63) is 54.1 Å². The second-order valence-electron chi connectivity index (χ2n) is 7.60. The predicted molar refractivity (Wildman–Crippen MR) is 117 cm³/mol. The molecule has 31 heavy (non-hydrogen) atoms. The largest absolute Gasteiger partial charge is 0.481 e. The van der Waals surface area contributed by atoms with Crippen LogP contribution in [0.25, 0.3) is 22.5 Å². The molecule has 8 heteroatoms. The number of carboxylic acids is 1. The number of aromatic nitrogens is 4. The molecule has 162 valence electrons. The van der Waals surface area contributed by atoms with E-state index in [0.717, 1.165) is 35.1 Å². The molecule has 2 aromatic carbocycles. The summed E-state index contributed by atoms with van der Waals surface area (Å²) in [6.45, 7) is 4.12. The predicted octanol–water partition coefficient (Wildman–Crippen LogP) is 3.77. The average Bonchev–Trinajstić information content (AvgIpc) is 3.32. The Bertz CT molecular complexity index is 1010. The summed E-state index contributed by atoms with van der Waals surface area (Å²) in [7, 11) is 0. The van der Waals surface area contributed by atoms with Gasteiger partial charge in [-0.05, 0) is 34.4 Å². The first-order valence-electron chi connectivity index (χ1n) is 10.4. The molecule has 0 aliphatic rings. The van der Waals surface area contributed by atoms with Crippen LogP contribution in [0.1, 0.15) is 38.7 Å². The van der Waals surface area contributed by atoms with Crippen molar-refractivity contribution in [2.24, 2.45) is 5.92 Å². The molecule has 0 aliphatic carbocycles. The Morgan fingerprint density at radius 1 is 1.13 bits per heavy atom. The summed E-state index contributed by atoms with van der Waals surface area (Å²) in [6.07, 6.45) is 2.09. The minimum Gasteiger partial charge on any atom is -0.481 e. The minimum atomic E-state index is -0.916. The third-order valence-corrected chi connectivity index (χ3v) is 5.14. The van der Waals surface area contributed by atoms with E-state index in [1.54, 1.807) is 11.8 Å². The van der Waals surface area contributed by atoms with Crippen LogP contribution in [0.2, 0.25) is 0 Å². The monoisotopic (exact) mass is 421 g/mol. The Hall–Kier alpha value is -3.55. The Labute approximate surface area is 181 Å². The Morgan fingerprint density at radius 3 is 2.55 bits per heavy atom. The van der Waals surface area contributed by atoms with E-state index in [1.165, 1.54) is 0 Å². The minimum absolute atomic E-state index is 0.0387. The van der Waals surface area contributed by atoms with Gasteiger partial charge in [-0.25, -0.2) is 0 Å². The molecule has 1 heterocycles. The SMILES string of the molecule is CCCCC(=O)N(Cc1ccc(-c2ccccc2)c(-c2nn[nH]n2)c1)CC(C)C(=O)O. The Kier molecular flexibility index (Phi) is 7.48. The van der Waals surface area contributed by atoms with Gasteiger partial charge in [-0.3, -0.25) is 9.59 Å². The van der Waals surface area contributed by atoms with Gasteiger partial charge < -0.3 is 10.0 Å². The molecule has 8 nitrogen and oxygen atoms in total. The number of rotatable bonds is 10. The van der Waals surface area contributed by atoms with E-state index in [9.17, 15) is 14.7 Å². The highest BCUT2D eigenvalue weighted by Gasteiger charge is 2.21. The molecule has 3 rings (SSSR count). The van der Waals surface area contributed by atoms with E-state index in [4.69, 9.17) is 0 Å². The number of aromatic amines is 1. The quantitative estimate of drug-likeness (QED) is 0.515. The maximum absolute atomic E-state index is 12.8. The summed E-state index contributed by atoms with van der Waals surface area (Å²) < 4.78 is 0. The standard InChI is InChI=1S/C23H27N5O3/c1-3-4-10-21(29)28(14-16(2)23(30)31)15-17-11-12-19(18-8-6-5-7-9-18)20(13-17)22-24-26-27-25-22/h5-9,11-13,16H,3-4,10,14-15H2,1-2H3,(H,30,31)(H,24,25,26,27). The second-order valence-corrected chi connectivity index (χ2v) is 7.60. The van der Waals surface area contributed by atoms with Crippen LogP contribution < -0.4 is 0 Å². The lowest BCUT2D eigenvalue weighted by Gasteiger charge is -2.25. The average molecular weight is 422 g/mol. The molecule has 0 aliphatic heterocycles. The lowest BCUT2D eigenvalue weighted by molar-refractivity contribution is -0.143. The lowest BCUT2D eigenvalue weighted by Crippen LogP contribution is -2.36. The number of carbonyl (C=O) groups is 2. The van der Waals surface area contributed by atoms with E-state index in [0.29, 0.717) is 18.8 Å². The zero-order valence-corrected chi connectivity index (χ0v) is 17.8. The summed E-state index contributed by atoms with van der Waals surface area (Å²) >= 11 is 0. The molecule has 1 amide bonds. The number of nitrogens with one attached hydrogen (secondary N) is 1. The van der Waals surface area contributed by atoms with E-state index in [1.807, 2.05) is 55.5 Å². The number of hydrogen-bond acceptors (Lipinski definition) is 5. The van der Waals surface area contributed by atoms with E-state index in [-0.39, 0.29) is 12.5 Å². The summed E-state index contributed by atoms with van der Waals surface area (Å²) in [5, 5.41) is 23.8. The number of carbonyl (C=O) groups excluding carboxylic acids is 1. The van der Waals surface area contributed by atoms with Crippen LogP contribution in [0.4, 0.5) is 0 Å². The van der Waals surface area contributed by atoms with Crippen LogP contribution in [0, 0.1) is 5.92 Å². The van der Waals surface area contributed by atoms with Gasteiger partial charge in [0.05, 0.1) is 5.92 Å². The summed E-state index contributed by atoms with van der Waals surface area (Å²) in [4.78, 5) is 25.8. The van der Waals surface area contributed by atoms with Crippen LogP contribution in [0.15, 0.2) is 48.5 Å². The van der Waals surface area contributed by atoms with E-state index < -0.39 is 11.9 Å². The second kappa shape index (κ2) is 10.5. The Balaban J connectivity index is 1.93. The zero-order chi connectivity index (χ0) is 22.2. The molecule has 1 aromatic heterocycles. The van der Waals surface area contributed by atoms with Crippen LogP contribution >= 0.6 is 0 Å². The molecular formula is C23H27N5O3. The van der Waals surface area contributed by atoms with Crippen molar-refractivity contribution in [2.45, 2.75) is 39.7 Å². The first kappa shape index (κ1) is 22.1. The van der Waals surface area contributed by atoms with Crippen molar-refractivity contribution in [1.82, 2.24) is 25.5 Å². The normalized spacial score (nSPS) is 11.8. The molecule has 0 saturated heterocycles. The molecule has 0 bridgehead atoms. The van der Waals surface area contributed by atoms with Crippen LogP contribution in [0.3, 0.4) is 0 Å². The number of carboxylic acid groups (broad SMARTS) is 1. The number of H-pyrrole nitrogens is 1. The van der Waals surface area contributed by atoms with Crippen LogP contribution in [0.5, 0.6) is 0 Å². The van der Waals surface area contributed by atoms with Gasteiger partial charge >= 0.3 is 5.97 Å². The van der Waals surface area contributed by atoms with Gasteiger partial charge in [-0.2, -0.15) is 5.21 Å². The van der Waals surface area contributed by atoms with Crippen molar-refractivity contribution in [3.63, 3.8) is 0 Å². The van der Waals surface area contributed by atoms with Gasteiger partial charge in [-0.1, -0.05) is 62.7 Å². The van der Waals surface area contributed by atoms with Gasteiger partial charge in [0.25, 0.3) is 0 Å². The molecule has 0 spiro atoms. The number of aliphatic carboxylic acids is 1. The van der Waals surface area contributed by atoms with Crippen molar-refractivity contribution in [1.29, 1.82) is 0 Å². The lowest BCUT2D eigenvalue weighted by atomic mass is 9.96. The smallest absolute Gasteiger partial charge is 0.308 e. The number of nitrogens with zero attached hydrogens (tertiary/aromatic N) is 4.